The van der Waals surface area contributed by atoms with Crippen LogP contribution in [0.1, 0.15) is 34.6 Å². The Labute approximate surface area is 313 Å². The van der Waals surface area contributed by atoms with Crippen molar-refractivity contribution >= 4 is 10.8 Å². The summed E-state index contributed by atoms with van der Waals surface area (Å²) in [6.07, 6.45) is 5.44. The first-order valence-corrected chi connectivity index (χ1v) is 18.5. The number of aromatic nitrogens is 3. The molecular weight excluding hydrogens is 659 g/mol. The molecule has 0 fully saturated rings. The standard InChI is InChI=1S/C50H33N3O/c1-2-15-33(16-3-1)47-51-48(53-49(52-47)40-23-13-17-32-14-4-5-20-37(32)40)36-19-12-18-34(30-36)35-28-29-44-46(31-35)54-45-27-11-10-26-43(45)50(44)41-24-8-6-21-38(41)39-22-7-9-25-42(39)50/h1-30,35H,31H2. The van der Waals surface area contributed by atoms with Gasteiger partial charge in [0.2, 0.25) is 0 Å². The molecular formula is C50H33N3O. The van der Waals surface area contributed by atoms with E-state index in [-0.39, 0.29) is 5.92 Å². The number of rotatable bonds is 4. The second kappa shape index (κ2) is 12.1. The van der Waals surface area contributed by atoms with Gasteiger partial charge in [0.05, 0.1) is 5.41 Å². The fourth-order valence-corrected chi connectivity index (χ4v) is 8.97. The highest BCUT2D eigenvalue weighted by Crippen LogP contribution is 2.61. The van der Waals surface area contributed by atoms with Crippen molar-refractivity contribution in [3.63, 3.8) is 0 Å². The molecule has 1 atom stereocenters. The molecule has 11 rings (SSSR count). The van der Waals surface area contributed by atoms with Crippen molar-refractivity contribution in [2.24, 2.45) is 0 Å². The molecule has 0 saturated heterocycles. The van der Waals surface area contributed by atoms with Gasteiger partial charge in [-0.2, -0.15) is 0 Å². The third-order valence-electron chi connectivity index (χ3n) is 11.4. The van der Waals surface area contributed by atoms with Crippen molar-refractivity contribution < 1.29 is 4.74 Å². The third-order valence-corrected chi connectivity index (χ3v) is 11.4. The SMILES string of the molecule is C1=CC(c2cccc(-c3nc(-c4ccccc4)nc(-c4cccc5ccccc45)n3)c2)CC2=C1C1(c3ccccc3O2)c2ccccc2-c2ccccc21. The molecule has 7 aromatic carbocycles. The summed E-state index contributed by atoms with van der Waals surface area (Å²) in [5.41, 5.74) is 11.2. The maximum atomic E-state index is 6.88. The highest BCUT2D eigenvalue weighted by Gasteiger charge is 2.52. The van der Waals surface area contributed by atoms with E-state index in [9.17, 15) is 0 Å². The molecule has 0 amide bonds. The number of para-hydroxylation sites is 1. The van der Waals surface area contributed by atoms with E-state index in [0.717, 1.165) is 45.4 Å². The molecule has 254 valence electrons. The number of hydrogen-bond donors (Lipinski definition) is 0. The molecule has 0 bridgehead atoms. The summed E-state index contributed by atoms with van der Waals surface area (Å²) in [6, 6.07) is 59.9. The molecule has 0 radical (unpaired) electrons. The van der Waals surface area contributed by atoms with Crippen LogP contribution >= 0.6 is 0 Å². The van der Waals surface area contributed by atoms with Gasteiger partial charge < -0.3 is 4.74 Å². The molecule has 54 heavy (non-hydrogen) atoms. The quantitative estimate of drug-likeness (QED) is 0.184. The Morgan fingerprint density at radius 2 is 1.09 bits per heavy atom. The Hall–Kier alpha value is -6.91. The molecule has 0 saturated carbocycles. The average Bonchev–Trinajstić information content (AvgIpc) is 3.54. The van der Waals surface area contributed by atoms with Crippen LogP contribution in [-0.2, 0) is 5.41 Å². The summed E-state index contributed by atoms with van der Waals surface area (Å²) in [4.78, 5) is 15.3. The lowest BCUT2D eigenvalue weighted by Crippen LogP contribution is -2.35. The Morgan fingerprint density at radius 3 is 1.91 bits per heavy atom. The van der Waals surface area contributed by atoms with E-state index < -0.39 is 5.41 Å². The van der Waals surface area contributed by atoms with E-state index in [1.807, 2.05) is 18.2 Å². The Kier molecular flexibility index (Phi) is 6.86. The van der Waals surface area contributed by atoms with Crippen LogP contribution in [0.15, 0.2) is 193 Å². The van der Waals surface area contributed by atoms with Crippen molar-refractivity contribution in [1.82, 2.24) is 15.0 Å². The average molecular weight is 692 g/mol. The number of hydrogen-bond acceptors (Lipinski definition) is 4. The van der Waals surface area contributed by atoms with Crippen LogP contribution in [0.3, 0.4) is 0 Å². The minimum absolute atomic E-state index is 0.103. The van der Waals surface area contributed by atoms with E-state index in [2.05, 4.69) is 164 Å². The largest absolute Gasteiger partial charge is 0.461 e. The lowest BCUT2D eigenvalue weighted by atomic mass is 9.64. The van der Waals surface area contributed by atoms with Crippen molar-refractivity contribution in [3.05, 3.63) is 216 Å². The number of benzene rings is 7. The topological polar surface area (TPSA) is 47.9 Å². The Balaban J connectivity index is 1.02. The lowest BCUT2D eigenvalue weighted by molar-refractivity contribution is 0.357. The van der Waals surface area contributed by atoms with Crippen molar-refractivity contribution in [2.75, 3.05) is 0 Å². The molecule has 1 spiro atoms. The number of nitrogens with zero attached hydrogens (tertiary/aromatic N) is 3. The molecule has 8 aromatic rings. The van der Waals surface area contributed by atoms with Gasteiger partial charge in [0.25, 0.3) is 0 Å². The molecule has 2 aliphatic carbocycles. The third kappa shape index (κ3) is 4.60. The highest BCUT2D eigenvalue weighted by molar-refractivity contribution is 5.95. The fraction of sp³-hybridized carbons (Fsp3) is 0.0600. The highest BCUT2D eigenvalue weighted by atomic mass is 16.5. The summed E-state index contributed by atoms with van der Waals surface area (Å²) < 4.78 is 6.88. The zero-order chi connectivity index (χ0) is 35.6. The molecule has 0 N–H and O–H groups in total. The minimum Gasteiger partial charge on any atom is -0.461 e. The van der Waals surface area contributed by atoms with Gasteiger partial charge in [-0.3, -0.25) is 0 Å². The van der Waals surface area contributed by atoms with Gasteiger partial charge in [-0.25, -0.2) is 15.0 Å². The second-order valence-electron chi connectivity index (χ2n) is 14.3. The summed E-state index contributed by atoms with van der Waals surface area (Å²) in [6.45, 7) is 0. The van der Waals surface area contributed by atoms with E-state index in [4.69, 9.17) is 19.7 Å². The van der Waals surface area contributed by atoms with Crippen molar-refractivity contribution in [2.45, 2.75) is 17.8 Å². The maximum absolute atomic E-state index is 6.88. The zero-order valence-corrected chi connectivity index (χ0v) is 29.4. The molecule has 1 unspecified atom stereocenters. The number of ether oxygens (including phenoxy) is 1. The molecule has 4 heteroatoms. The first kappa shape index (κ1) is 30.7. The second-order valence-corrected chi connectivity index (χ2v) is 14.3. The molecule has 1 aliphatic heterocycles. The summed E-state index contributed by atoms with van der Waals surface area (Å²) in [5, 5.41) is 2.26. The van der Waals surface area contributed by atoms with Gasteiger partial charge in [-0.05, 0) is 50.7 Å². The first-order valence-electron chi connectivity index (χ1n) is 18.5. The first-order chi connectivity index (χ1) is 26.8. The van der Waals surface area contributed by atoms with Crippen molar-refractivity contribution in [1.29, 1.82) is 0 Å². The van der Waals surface area contributed by atoms with Crippen LogP contribution < -0.4 is 4.74 Å². The van der Waals surface area contributed by atoms with E-state index in [1.54, 1.807) is 0 Å². The van der Waals surface area contributed by atoms with Crippen LogP contribution in [-0.4, -0.2) is 15.0 Å². The van der Waals surface area contributed by atoms with Crippen LogP contribution in [0.5, 0.6) is 5.75 Å². The lowest BCUT2D eigenvalue weighted by Gasteiger charge is -2.42. The maximum Gasteiger partial charge on any atom is 0.164 e. The predicted molar refractivity (Wildman–Crippen MR) is 216 cm³/mol. The smallest absolute Gasteiger partial charge is 0.164 e. The summed E-state index contributed by atoms with van der Waals surface area (Å²) in [5.74, 6) is 4.00. The van der Waals surface area contributed by atoms with E-state index in [0.29, 0.717) is 17.5 Å². The van der Waals surface area contributed by atoms with Gasteiger partial charge >= 0.3 is 0 Å². The fourth-order valence-electron chi connectivity index (χ4n) is 8.97. The predicted octanol–water partition coefficient (Wildman–Crippen LogP) is 11.7. The minimum atomic E-state index is -0.447. The van der Waals surface area contributed by atoms with Gasteiger partial charge in [0, 0.05) is 40.2 Å². The van der Waals surface area contributed by atoms with E-state index in [1.165, 1.54) is 39.0 Å². The van der Waals surface area contributed by atoms with E-state index >= 15 is 0 Å². The Morgan fingerprint density at radius 1 is 0.500 bits per heavy atom. The Bertz CT molecular complexity index is 2800. The van der Waals surface area contributed by atoms with Crippen LogP contribution in [0, 0.1) is 0 Å². The summed E-state index contributed by atoms with van der Waals surface area (Å²) in [7, 11) is 0. The molecule has 2 heterocycles. The van der Waals surface area contributed by atoms with Gasteiger partial charge in [0.1, 0.15) is 11.5 Å². The molecule has 4 nitrogen and oxygen atoms in total. The normalized spacial score (nSPS) is 16.0. The van der Waals surface area contributed by atoms with Crippen LogP contribution in [0.25, 0.3) is 56.1 Å². The number of fused-ring (bicyclic) bond motifs is 9. The van der Waals surface area contributed by atoms with Gasteiger partial charge in [-0.1, -0.05) is 170 Å². The number of allylic oxidation sites excluding steroid dienone is 4. The molecule has 1 aromatic heterocycles. The zero-order valence-electron chi connectivity index (χ0n) is 29.4. The van der Waals surface area contributed by atoms with Gasteiger partial charge in [-0.15, -0.1) is 0 Å². The van der Waals surface area contributed by atoms with Gasteiger partial charge in [0.15, 0.2) is 17.5 Å². The van der Waals surface area contributed by atoms with Crippen LogP contribution in [0.4, 0.5) is 0 Å². The van der Waals surface area contributed by atoms with Crippen LogP contribution in [0.2, 0.25) is 0 Å². The monoisotopic (exact) mass is 691 g/mol. The van der Waals surface area contributed by atoms with Crippen molar-refractivity contribution in [3.8, 4) is 51.0 Å². The molecule has 3 aliphatic rings. The summed E-state index contributed by atoms with van der Waals surface area (Å²) >= 11 is 0.